The predicted octanol–water partition coefficient (Wildman–Crippen LogP) is 6.06. The molecule has 3 N–H and O–H groups in total. The first-order chi connectivity index (χ1) is 19.6. The first kappa shape index (κ1) is 26.4. The van der Waals surface area contributed by atoms with E-state index in [1.807, 2.05) is 51.1 Å². The Kier molecular flexibility index (Phi) is 6.41. The molecule has 5 aromatic rings. The predicted molar refractivity (Wildman–Crippen MR) is 154 cm³/mol. The fraction of sp³-hybridized carbons (Fsp3) is 0.212. The van der Waals surface area contributed by atoms with Gasteiger partial charge in [-0.15, -0.1) is 0 Å². The number of nitrogens with zero attached hydrogens (tertiary/aromatic N) is 2. The van der Waals surface area contributed by atoms with Gasteiger partial charge in [-0.05, 0) is 98.3 Å². The van der Waals surface area contributed by atoms with Crippen LogP contribution in [0.25, 0.3) is 22.1 Å². The Morgan fingerprint density at radius 1 is 0.951 bits per heavy atom. The first-order valence-electron chi connectivity index (χ1n) is 13.5. The molecule has 41 heavy (non-hydrogen) atoms. The number of primary amides is 1. The molecule has 6 rings (SSSR count). The van der Waals surface area contributed by atoms with E-state index in [2.05, 4.69) is 15.3 Å². The second-order valence-corrected chi connectivity index (χ2v) is 10.8. The Balaban J connectivity index is 1.33. The van der Waals surface area contributed by atoms with Crippen molar-refractivity contribution in [2.75, 3.05) is 0 Å². The number of rotatable bonds is 7. The minimum absolute atomic E-state index is 0.199. The zero-order valence-corrected chi connectivity index (χ0v) is 23.0. The first-order valence-corrected chi connectivity index (χ1v) is 13.5. The molecule has 1 saturated carbocycles. The van der Waals surface area contributed by atoms with E-state index in [0.29, 0.717) is 40.1 Å². The Hall–Kier alpha value is -4.85. The zero-order chi connectivity index (χ0) is 28.9. The van der Waals surface area contributed by atoms with Gasteiger partial charge in [-0.1, -0.05) is 24.3 Å². The van der Waals surface area contributed by atoms with Gasteiger partial charge in [-0.2, -0.15) is 0 Å². The summed E-state index contributed by atoms with van der Waals surface area (Å²) in [6.45, 7) is 5.82. The summed E-state index contributed by atoms with van der Waals surface area (Å²) in [5.74, 6) is -0.0715. The minimum Gasteiger partial charge on any atom is -0.460 e. The lowest BCUT2D eigenvalue weighted by Crippen LogP contribution is -2.36. The highest BCUT2D eigenvalue weighted by Crippen LogP contribution is 2.44. The molecule has 206 valence electrons. The molecule has 0 radical (unpaired) electrons. The van der Waals surface area contributed by atoms with Gasteiger partial charge in [0, 0.05) is 28.8 Å². The Bertz CT molecular complexity index is 1820. The molecular formula is C33H29FN4O3. The highest BCUT2D eigenvalue weighted by Gasteiger charge is 2.48. The van der Waals surface area contributed by atoms with Gasteiger partial charge < -0.3 is 15.5 Å². The largest absolute Gasteiger partial charge is 0.460 e. The molecule has 0 spiro atoms. The van der Waals surface area contributed by atoms with Crippen LogP contribution in [0, 0.1) is 26.6 Å². The molecule has 2 aromatic heterocycles. The molecule has 0 bridgehead atoms. The van der Waals surface area contributed by atoms with Crippen LogP contribution in [0.1, 0.15) is 67.7 Å². The number of hydrogen-bond acceptors (Lipinski definition) is 5. The van der Waals surface area contributed by atoms with Crippen molar-refractivity contribution in [3.8, 4) is 11.1 Å². The van der Waals surface area contributed by atoms with E-state index in [-0.39, 0.29) is 11.7 Å². The standard InChI is InChI=1S/C33H29FN4O3/c1-18-4-7-23(31(40)38-33(12-13-33)32-36-19(2)14-20(3)37-32)17-25(18)22-8-11-27-26(16-22)29(30(35)39)28(41-27)15-21-5-9-24(34)10-6-21/h4-11,14,16-17H,12-13,15H2,1-3H3,(H2,35,39)(H,38,40). The SMILES string of the molecule is Cc1cc(C)nc(C2(NC(=O)c3ccc(C)c(-c4ccc5oc(Cc6ccc(F)cc6)c(C(N)=O)c5c4)c3)CC2)n1. The van der Waals surface area contributed by atoms with Gasteiger partial charge in [0.15, 0.2) is 5.82 Å². The Morgan fingerprint density at radius 3 is 2.32 bits per heavy atom. The van der Waals surface area contributed by atoms with Crippen LogP contribution in [0.15, 0.2) is 71.1 Å². The number of halogens is 1. The summed E-state index contributed by atoms with van der Waals surface area (Å²) in [7, 11) is 0. The van der Waals surface area contributed by atoms with Crippen molar-refractivity contribution in [1.29, 1.82) is 0 Å². The maximum absolute atomic E-state index is 13.4. The molecule has 7 nitrogen and oxygen atoms in total. The van der Waals surface area contributed by atoms with Crippen molar-refractivity contribution >= 4 is 22.8 Å². The number of aryl methyl sites for hydroxylation is 3. The fourth-order valence-electron chi connectivity index (χ4n) is 5.33. The van der Waals surface area contributed by atoms with Crippen LogP contribution < -0.4 is 11.1 Å². The Morgan fingerprint density at radius 2 is 1.66 bits per heavy atom. The number of fused-ring (bicyclic) bond motifs is 1. The average Bonchev–Trinajstić information content (AvgIpc) is 3.62. The number of carbonyl (C=O) groups excluding carboxylic acids is 2. The van der Waals surface area contributed by atoms with Crippen LogP contribution in [-0.2, 0) is 12.0 Å². The van der Waals surface area contributed by atoms with E-state index in [0.717, 1.165) is 46.5 Å². The van der Waals surface area contributed by atoms with Crippen molar-refractivity contribution < 1.29 is 18.4 Å². The number of nitrogens with two attached hydrogens (primary N) is 1. The van der Waals surface area contributed by atoms with Crippen LogP contribution in [0.5, 0.6) is 0 Å². The summed E-state index contributed by atoms with van der Waals surface area (Å²) in [4.78, 5) is 35.1. The molecule has 1 aliphatic carbocycles. The van der Waals surface area contributed by atoms with Crippen LogP contribution in [0.2, 0.25) is 0 Å². The molecule has 1 aliphatic rings. The van der Waals surface area contributed by atoms with Crippen molar-refractivity contribution in [3.05, 3.63) is 118 Å². The molecule has 8 heteroatoms. The van der Waals surface area contributed by atoms with Crippen LogP contribution in [0.3, 0.4) is 0 Å². The summed E-state index contributed by atoms with van der Waals surface area (Å²) >= 11 is 0. The summed E-state index contributed by atoms with van der Waals surface area (Å²) in [5.41, 5.74) is 11.8. The molecule has 3 aromatic carbocycles. The number of amides is 2. The monoisotopic (exact) mass is 548 g/mol. The van der Waals surface area contributed by atoms with Crippen molar-refractivity contribution in [1.82, 2.24) is 15.3 Å². The summed E-state index contributed by atoms with van der Waals surface area (Å²) in [6.07, 6.45) is 1.87. The fourth-order valence-corrected chi connectivity index (χ4v) is 5.33. The van der Waals surface area contributed by atoms with E-state index < -0.39 is 11.4 Å². The number of carbonyl (C=O) groups is 2. The molecule has 1 fully saturated rings. The van der Waals surface area contributed by atoms with E-state index in [1.165, 1.54) is 12.1 Å². The lowest BCUT2D eigenvalue weighted by molar-refractivity contribution is 0.0927. The van der Waals surface area contributed by atoms with E-state index in [9.17, 15) is 14.0 Å². The normalized spacial score (nSPS) is 13.8. The Labute approximate surface area is 236 Å². The molecular weight excluding hydrogens is 519 g/mol. The highest BCUT2D eigenvalue weighted by molar-refractivity contribution is 6.07. The molecule has 0 aliphatic heterocycles. The van der Waals surface area contributed by atoms with Gasteiger partial charge in [0.25, 0.3) is 11.8 Å². The number of nitrogens with one attached hydrogen (secondary N) is 1. The van der Waals surface area contributed by atoms with Crippen molar-refractivity contribution in [2.45, 2.75) is 45.6 Å². The summed E-state index contributed by atoms with van der Waals surface area (Å²) in [6, 6.07) is 19.1. The topological polar surface area (TPSA) is 111 Å². The van der Waals surface area contributed by atoms with E-state index in [1.54, 1.807) is 24.3 Å². The second-order valence-electron chi connectivity index (χ2n) is 10.8. The van der Waals surface area contributed by atoms with Gasteiger partial charge in [-0.3, -0.25) is 9.59 Å². The lowest BCUT2D eigenvalue weighted by atomic mass is 9.95. The van der Waals surface area contributed by atoms with Gasteiger partial charge in [0.05, 0.1) is 5.56 Å². The van der Waals surface area contributed by atoms with Crippen LogP contribution >= 0.6 is 0 Å². The van der Waals surface area contributed by atoms with E-state index >= 15 is 0 Å². The number of hydrogen-bond donors (Lipinski definition) is 2. The lowest BCUT2D eigenvalue weighted by Gasteiger charge is -2.18. The third-order valence-electron chi connectivity index (χ3n) is 7.61. The minimum atomic E-state index is -0.605. The van der Waals surface area contributed by atoms with Gasteiger partial charge in [-0.25, -0.2) is 14.4 Å². The van der Waals surface area contributed by atoms with Crippen LogP contribution in [-0.4, -0.2) is 21.8 Å². The average molecular weight is 549 g/mol. The molecule has 0 saturated heterocycles. The molecule has 2 amide bonds. The molecule has 0 atom stereocenters. The van der Waals surface area contributed by atoms with Gasteiger partial charge >= 0.3 is 0 Å². The summed E-state index contributed by atoms with van der Waals surface area (Å²) in [5, 5.41) is 3.76. The van der Waals surface area contributed by atoms with Gasteiger partial charge in [0.2, 0.25) is 0 Å². The van der Waals surface area contributed by atoms with Crippen LogP contribution in [0.4, 0.5) is 4.39 Å². The van der Waals surface area contributed by atoms with Crippen molar-refractivity contribution in [3.63, 3.8) is 0 Å². The number of aromatic nitrogens is 2. The van der Waals surface area contributed by atoms with E-state index in [4.69, 9.17) is 10.2 Å². The summed E-state index contributed by atoms with van der Waals surface area (Å²) < 4.78 is 19.4. The van der Waals surface area contributed by atoms with Crippen molar-refractivity contribution in [2.24, 2.45) is 5.73 Å². The zero-order valence-electron chi connectivity index (χ0n) is 23.0. The number of furan rings is 1. The highest BCUT2D eigenvalue weighted by atomic mass is 19.1. The third kappa shape index (κ3) is 5.09. The maximum Gasteiger partial charge on any atom is 0.252 e. The second kappa shape index (κ2) is 9.96. The number of benzene rings is 3. The molecule has 0 unspecified atom stereocenters. The maximum atomic E-state index is 13.4. The van der Waals surface area contributed by atoms with Gasteiger partial charge in [0.1, 0.15) is 22.7 Å². The smallest absolute Gasteiger partial charge is 0.252 e. The quantitative estimate of drug-likeness (QED) is 0.257. The third-order valence-corrected chi connectivity index (χ3v) is 7.61. The molecule has 2 heterocycles.